The Morgan fingerprint density at radius 3 is 2.23 bits per heavy atom. The van der Waals surface area contributed by atoms with Crippen LogP contribution in [0.15, 0.2) is 114 Å². The van der Waals surface area contributed by atoms with Crippen molar-refractivity contribution in [1.29, 1.82) is 0 Å². The molecule has 1 aliphatic heterocycles. The summed E-state index contributed by atoms with van der Waals surface area (Å²) in [5.74, 6) is -0.171. The lowest BCUT2D eigenvalue weighted by Gasteiger charge is -2.30. The highest BCUT2D eigenvalue weighted by Crippen LogP contribution is 2.30. The van der Waals surface area contributed by atoms with Crippen LogP contribution in [0.2, 0.25) is 0 Å². The predicted octanol–water partition coefficient (Wildman–Crippen LogP) is 6.91. The second-order valence-electron chi connectivity index (χ2n) is 11.3. The van der Waals surface area contributed by atoms with Crippen molar-refractivity contribution >= 4 is 27.6 Å². The molecule has 4 aromatic carbocycles. The molecule has 0 aliphatic carbocycles. The number of nitrogens with one attached hydrogen (secondary N) is 2. The van der Waals surface area contributed by atoms with Crippen LogP contribution in [0.25, 0.3) is 27.4 Å². The Bertz CT molecular complexity index is 1990. The van der Waals surface area contributed by atoms with E-state index in [9.17, 15) is 9.59 Å². The molecule has 0 bridgehead atoms. The molecule has 0 fully saturated rings. The molecule has 1 atom stereocenters. The third-order valence-corrected chi connectivity index (χ3v) is 8.68. The zero-order valence-electron chi connectivity index (χ0n) is 24.2. The summed E-state index contributed by atoms with van der Waals surface area (Å²) >= 11 is 0. The van der Waals surface area contributed by atoms with E-state index in [1.165, 1.54) is 16.6 Å². The molecule has 0 radical (unpaired) electrons. The number of hydrogen-bond acceptors (Lipinski definition) is 3. The molecule has 6 heteroatoms. The third kappa shape index (κ3) is 4.94. The van der Waals surface area contributed by atoms with E-state index in [0.29, 0.717) is 35.1 Å². The molecule has 1 aliphatic rings. The fourth-order valence-electron chi connectivity index (χ4n) is 6.58. The zero-order valence-corrected chi connectivity index (χ0v) is 24.2. The average molecular weight is 567 g/mol. The van der Waals surface area contributed by atoms with Crippen LogP contribution in [-0.4, -0.2) is 26.9 Å². The van der Waals surface area contributed by atoms with E-state index in [0.717, 1.165) is 36.2 Å². The number of benzene rings is 4. The molecule has 214 valence electrons. The highest BCUT2D eigenvalue weighted by Gasteiger charge is 2.28. The van der Waals surface area contributed by atoms with Crippen LogP contribution in [0.5, 0.6) is 0 Å². The minimum absolute atomic E-state index is 0.119. The number of pyridine rings is 1. The number of nitrogens with zero attached hydrogens (tertiary/aromatic N) is 2. The van der Waals surface area contributed by atoms with Gasteiger partial charge in [-0.1, -0.05) is 91.9 Å². The number of H-pyrrole nitrogens is 1. The van der Waals surface area contributed by atoms with Crippen molar-refractivity contribution in [2.45, 2.75) is 38.9 Å². The molecule has 2 N–H and O–H groups in total. The summed E-state index contributed by atoms with van der Waals surface area (Å²) in [5.41, 5.74) is 6.65. The Balaban J connectivity index is 1.37. The van der Waals surface area contributed by atoms with Gasteiger partial charge in [-0.05, 0) is 48.2 Å². The first-order chi connectivity index (χ1) is 21.1. The van der Waals surface area contributed by atoms with E-state index >= 15 is 0 Å². The fraction of sp³-hybridized carbons (Fsp3) is 0.189. The van der Waals surface area contributed by atoms with Crippen LogP contribution < -0.4 is 10.9 Å². The van der Waals surface area contributed by atoms with Gasteiger partial charge < -0.3 is 10.3 Å². The Morgan fingerprint density at radius 1 is 0.837 bits per heavy atom. The lowest BCUT2D eigenvalue weighted by atomic mass is 9.98. The third-order valence-electron chi connectivity index (χ3n) is 8.68. The Morgan fingerprint density at radius 2 is 1.49 bits per heavy atom. The normalized spacial score (nSPS) is 14.1. The maximum atomic E-state index is 14.4. The largest absolute Gasteiger partial charge is 0.357 e. The van der Waals surface area contributed by atoms with Crippen LogP contribution in [-0.2, 0) is 19.5 Å². The molecule has 6 nitrogen and oxygen atoms in total. The molecule has 0 spiro atoms. The predicted molar refractivity (Wildman–Crippen MR) is 173 cm³/mol. The van der Waals surface area contributed by atoms with Crippen LogP contribution in [0, 0.1) is 0 Å². The van der Waals surface area contributed by atoms with Gasteiger partial charge >= 0.3 is 0 Å². The summed E-state index contributed by atoms with van der Waals surface area (Å²) in [4.78, 5) is 34.6. The smallest absolute Gasteiger partial charge is 0.263 e. The SMILES string of the molecule is CC[C@H](NC(=O)c1c(CN2CCc3c([nH]c4ccccc34)C2)n(-c2ccccc2)c(=O)c2ccccc12)c1ccccc1. The summed E-state index contributed by atoms with van der Waals surface area (Å²) in [6.07, 6.45) is 1.65. The lowest BCUT2D eigenvalue weighted by molar-refractivity contribution is 0.0934. The minimum atomic E-state index is -0.171. The molecule has 1 amide bonds. The van der Waals surface area contributed by atoms with Crippen molar-refractivity contribution in [3.63, 3.8) is 0 Å². The molecule has 0 saturated heterocycles. The van der Waals surface area contributed by atoms with E-state index in [1.807, 2.05) is 84.9 Å². The quantitative estimate of drug-likeness (QED) is 0.221. The van der Waals surface area contributed by atoms with E-state index in [2.05, 4.69) is 46.4 Å². The summed E-state index contributed by atoms with van der Waals surface area (Å²) in [6.45, 7) is 4.07. The summed E-state index contributed by atoms with van der Waals surface area (Å²) in [5, 5.41) is 5.81. The zero-order chi connectivity index (χ0) is 29.3. The number of amides is 1. The number of para-hydroxylation sites is 2. The highest BCUT2D eigenvalue weighted by molar-refractivity contribution is 6.08. The Hall–Kier alpha value is -4.94. The fourth-order valence-corrected chi connectivity index (χ4v) is 6.58. The summed E-state index contributed by atoms with van der Waals surface area (Å²) in [6, 6.07) is 35.5. The van der Waals surface area contributed by atoms with Crippen molar-refractivity contribution in [3.05, 3.63) is 148 Å². The maximum absolute atomic E-state index is 14.4. The van der Waals surface area contributed by atoms with E-state index in [4.69, 9.17) is 0 Å². The van der Waals surface area contributed by atoms with Crippen LogP contribution >= 0.6 is 0 Å². The van der Waals surface area contributed by atoms with Gasteiger partial charge in [0, 0.05) is 52.7 Å². The number of hydrogen-bond donors (Lipinski definition) is 2. The maximum Gasteiger partial charge on any atom is 0.263 e. The topological polar surface area (TPSA) is 70.1 Å². The average Bonchev–Trinajstić information content (AvgIpc) is 3.42. The summed E-state index contributed by atoms with van der Waals surface area (Å²) in [7, 11) is 0. The van der Waals surface area contributed by atoms with E-state index in [1.54, 1.807) is 4.57 Å². The number of carbonyl (C=O) groups is 1. The molecular weight excluding hydrogens is 532 g/mol. The molecule has 0 saturated carbocycles. The Kier molecular flexibility index (Phi) is 7.13. The van der Waals surface area contributed by atoms with Gasteiger partial charge in [0.15, 0.2) is 0 Å². The molecule has 7 rings (SSSR count). The number of aromatic amines is 1. The van der Waals surface area contributed by atoms with Crippen molar-refractivity contribution < 1.29 is 4.79 Å². The van der Waals surface area contributed by atoms with Gasteiger partial charge in [-0.15, -0.1) is 0 Å². The van der Waals surface area contributed by atoms with Gasteiger partial charge in [-0.3, -0.25) is 19.1 Å². The molecule has 0 unspecified atom stereocenters. The monoisotopic (exact) mass is 566 g/mol. The van der Waals surface area contributed by atoms with Gasteiger partial charge in [0.25, 0.3) is 11.5 Å². The van der Waals surface area contributed by atoms with Crippen molar-refractivity contribution in [3.8, 4) is 5.69 Å². The molecule has 3 heterocycles. The van der Waals surface area contributed by atoms with E-state index in [-0.39, 0.29) is 17.5 Å². The van der Waals surface area contributed by atoms with E-state index < -0.39 is 0 Å². The molecule has 43 heavy (non-hydrogen) atoms. The Labute approximate surface area is 250 Å². The van der Waals surface area contributed by atoms with Gasteiger partial charge in [0.2, 0.25) is 0 Å². The minimum Gasteiger partial charge on any atom is -0.357 e. The van der Waals surface area contributed by atoms with Crippen LogP contribution in [0.3, 0.4) is 0 Å². The van der Waals surface area contributed by atoms with Gasteiger partial charge in [-0.25, -0.2) is 0 Å². The number of carbonyl (C=O) groups excluding carboxylic acids is 1. The first kappa shape index (κ1) is 26.9. The highest BCUT2D eigenvalue weighted by atomic mass is 16.2. The van der Waals surface area contributed by atoms with Gasteiger partial charge in [-0.2, -0.15) is 0 Å². The second kappa shape index (κ2) is 11.4. The van der Waals surface area contributed by atoms with Gasteiger partial charge in [0.1, 0.15) is 0 Å². The second-order valence-corrected chi connectivity index (χ2v) is 11.3. The van der Waals surface area contributed by atoms with Crippen molar-refractivity contribution in [2.75, 3.05) is 6.54 Å². The standard InChI is InChI=1S/C37H34N4O2/c1-2-31(25-13-5-3-6-14-25)39-36(42)35-29-18-9-10-19-30(29)37(43)41(26-15-7-4-8-16-26)34(35)24-40-22-21-28-27-17-11-12-20-32(27)38-33(28)23-40/h3-20,31,38H,2,21-24H2,1H3,(H,39,42)/t31-/m0/s1. The summed E-state index contributed by atoms with van der Waals surface area (Å²) < 4.78 is 1.75. The first-order valence-electron chi connectivity index (χ1n) is 15.0. The van der Waals surface area contributed by atoms with Crippen molar-refractivity contribution in [1.82, 2.24) is 19.8 Å². The molecule has 6 aromatic rings. The number of rotatable bonds is 7. The molecule has 2 aromatic heterocycles. The number of fused-ring (bicyclic) bond motifs is 4. The van der Waals surface area contributed by atoms with Crippen LogP contribution in [0.1, 0.15) is 52.3 Å². The number of aromatic nitrogens is 2. The lowest BCUT2D eigenvalue weighted by Crippen LogP contribution is -2.37. The van der Waals surface area contributed by atoms with Gasteiger partial charge in [0.05, 0.1) is 17.3 Å². The first-order valence-corrected chi connectivity index (χ1v) is 15.0. The molecular formula is C37H34N4O2. The van der Waals surface area contributed by atoms with Crippen molar-refractivity contribution in [2.24, 2.45) is 0 Å². The van der Waals surface area contributed by atoms with Crippen LogP contribution in [0.4, 0.5) is 0 Å².